The molecule has 0 atom stereocenters. The summed E-state index contributed by atoms with van der Waals surface area (Å²) >= 11 is 1.58. The molecule has 3 nitrogen and oxygen atoms in total. The van der Waals surface area contributed by atoms with Crippen molar-refractivity contribution < 1.29 is 9.52 Å². The second-order valence-corrected chi connectivity index (χ2v) is 4.81. The highest BCUT2D eigenvalue weighted by Crippen LogP contribution is 2.24. The first-order valence-corrected chi connectivity index (χ1v) is 6.43. The van der Waals surface area contributed by atoms with Gasteiger partial charge in [-0.1, -0.05) is 36.0 Å². The second kappa shape index (κ2) is 5.38. The van der Waals surface area contributed by atoms with Crippen LogP contribution in [-0.2, 0) is 12.4 Å². The third-order valence-corrected chi connectivity index (χ3v) is 3.48. The minimum atomic E-state index is 0.0888. The van der Waals surface area contributed by atoms with E-state index in [4.69, 9.17) is 9.52 Å². The molecule has 0 amide bonds. The van der Waals surface area contributed by atoms with Gasteiger partial charge in [0.15, 0.2) is 0 Å². The molecule has 1 aromatic heterocycles. The molecule has 0 fully saturated rings. The molecule has 0 aliphatic heterocycles. The molecule has 0 radical (unpaired) electrons. The summed E-state index contributed by atoms with van der Waals surface area (Å²) < 4.78 is 5.49. The van der Waals surface area contributed by atoms with Crippen molar-refractivity contribution >= 4 is 11.8 Å². The molecule has 1 N–H and O–H groups in total. The van der Waals surface area contributed by atoms with Gasteiger partial charge in [-0.25, -0.2) is 4.98 Å². The minimum Gasteiger partial charge on any atom is -0.437 e. The number of aryl methyl sites for hydroxylation is 2. The number of benzene rings is 1. The Morgan fingerprint density at radius 2 is 1.82 bits per heavy atom. The molecule has 0 spiro atoms. The Balaban J connectivity index is 1.97. The fraction of sp³-hybridized carbons (Fsp3) is 0.308. The molecule has 0 aliphatic rings. The minimum absolute atomic E-state index is 0.0888. The Labute approximate surface area is 105 Å². The van der Waals surface area contributed by atoms with Gasteiger partial charge in [-0.05, 0) is 25.0 Å². The van der Waals surface area contributed by atoms with Crippen molar-refractivity contribution in [3.63, 3.8) is 0 Å². The van der Waals surface area contributed by atoms with E-state index in [1.165, 1.54) is 5.56 Å². The molecule has 2 rings (SSSR count). The van der Waals surface area contributed by atoms with Crippen LogP contribution in [0.25, 0.3) is 0 Å². The lowest BCUT2D eigenvalue weighted by molar-refractivity contribution is 0.282. The lowest BCUT2D eigenvalue weighted by atomic mass is 10.2. The zero-order valence-corrected chi connectivity index (χ0v) is 10.8. The molecule has 0 aliphatic carbocycles. The quantitative estimate of drug-likeness (QED) is 0.846. The highest BCUT2D eigenvalue weighted by atomic mass is 32.2. The largest absolute Gasteiger partial charge is 0.437 e. The Hall–Kier alpha value is -1.26. The zero-order chi connectivity index (χ0) is 12.3. The van der Waals surface area contributed by atoms with Gasteiger partial charge in [-0.2, -0.15) is 0 Å². The zero-order valence-electron chi connectivity index (χ0n) is 9.93. The highest BCUT2D eigenvalue weighted by Gasteiger charge is 2.06. The number of oxazole rings is 1. The summed E-state index contributed by atoms with van der Waals surface area (Å²) in [5.74, 6) is 1.70. The van der Waals surface area contributed by atoms with Crippen molar-refractivity contribution in [3.8, 4) is 0 Å². The van der Waals surface area contributed by atoms with Crippen molar-refractivity contribution in [2.75, 3.05) is 0 Å². The molecule has 1 heterocycles. The van der Waals surface area contributed by atoms with Crippen LogP contribution >= 0.6 is 11.8 Å². The Bertz CT molecular complexity index is 471. The van der Waals surface area contributed by atoms with E-state index in [-0.39, 0.29) is 6.61 Å². The highest BCUT2D eigenvalue weighted by molar-refractivity contribution is 7.98. The molecular formula is C13H15NO2S. The molecule has 4 heteroatoms. The lowest BCUT2D eigenvalue weighted by Crippen LogP contribution is -1.85. The molecule has 90 valence electrons. The molecule has 2 aromatic rings. The summed E-state index contributed by atoms with van der Waals surface area (Å²) in [6.07, 6.45) is 0. The predicted octanol–water partition coefficient (Wildman–Crippen LogP) is 3.08. The molecule has 0 bridgehead atoms. The number of hydrogen-bond acceptors (Lipinski definition) is 4. The smallest absolute Gasteiger partial charge is 0.256 e. The fourth-order valence-electron chi connectivity index (χ4n) is 1.39. The van der Waals surface area contributed by atoms with Gasteiger partial charge in [-0.15, -0.1) is 0 Å². The van der Waals surface area contributed by atoms with E-state index in [1.54, 1.807) is 11.8 Å². The molecule has 0 saturated carbocycles. The molecule has 0 unspecified atom stereocenters. The van der Waals surface area contributed by atoms with Gasteiger partial charge in [0, 0.05) is 5.75 Å². The van der Waals surface area contributed by atoms with Gasteiger partial charge in [0.2, 0.25) is 0 Å². The van der Waals surface area contributed by atoms with Crippen LogP contribution in [0.2, 0.25) is 0 Å². The Morgan fingerprint density at radius 1 is 1.18 bits per heavy atom. The monoisotopic (exact) mass is 249 g/mol. The van der Waals surface area contributed by atoms with Crippen LogP contribution in [0.5, 0.6) is 0 Å². The fourth-order valence-corrected chi connectivity index (χ4v) is 2.26. The van der Waals surface area contributed by atoms with Crippen LogP contribution in [0.15, 0.2) is 33.9 Å². The number of aliphatic hydroxyl groups excluding tert-OH is 1. The maximum atomic E-state index is 8.94. The number of hydrogen-bond donors (Lipinski definition) is 1. The first kappa shape index (κ1) is 12.2. The van der Waals surface area contributed by atoms with Crippen LogP contribution in [0.1, 0.15) is 22.6 Å². The third-order valence-electron chi connectivity index (χ3n) is 2.58. The van der Waals surface area contributed by atoms with Gasteiger partial charge in [0.25, 0.3) is 5.22 Å². The maximum absolute atomic E-state index is 8.94. The van der Waals surface area contributed by atoms with Crippen molar-refractivity contribution in [1.29, 1.82) is 0 Å². The van der Waals surface area contributed by atoms with Crippen molar-refractivity contribution in [3.05, 3.63) is 46.8 Å². The van der Waals surface area contributed by atoms with Gasteiger partial charge in [0.05, 0.1) is 12.3 Å². The maximum Gasteiger partial charge on any atom is 0.256 e. The predicted molar refractivity (Wildman–Crippen MR) is 67.9 cm³/mol. The molecule has 0 saturated heterocycles. The third kappa shape index (κ3) is 3.11. The Kier molecular flexibility index (Phi) is 3.86. The normalized spacial score (nSPS) is 10.8. The number of nitrogens with zero attached hydrogens (tertiary/aromatic N) is 1. The van der Waals surface area contributed by atoms with Crippen LogP contribution in [0, 0.1) is 13.8 Å². The van der Waals surface area contributed by atoms with Gasteiger partial charge in [-0.3, -0.25) is 0 Å². The number of rotatable bonds is 4. The second-order valence-electron chi connectivity index (χ2n) is 3.88. The summed E-state index contributed by atoms with van der Waals surface area (Å²) in [7, 11) is 0. The topological polar surface area (TPSA) is 46.3 Å². The van der Waals surface area contributed by atoms with Crippen LogP contribution in [0.3, 0.4) is 0 Å². The van der Waals surface area contributed by atoms with E-state index in [9.17, 15) is 0 Å². The van der Waals surface area contributed by atoms with Crippen molar-refractivity contribution in [2.45, 2.75) is 31.4 Å². The van der Waals surface area contributed by atoms with E-state index in [2.05, 4.69) is 4.98 Å². The molecule has 1 aromatic carbocycles. The van der Waals surface area contributed by atoms with Crippen LogP contribution in [-0.4, -0.2) is 10.1 Å². The summed E-state index contributed by atoms with van der Waals surface area (Å²) in [5, 5.41) is 9.65. The van der Waals surface area contributed by atoms with Crippen LogP contribution in [0.4, 0.5) is 0 Å². The van der Waals surface area contributed by atoms with Gasteiger partial charge >= 0.3 is 0 Å². The van der Waals surface area contributed by atoms with E-state index in [0.29, 0.717) is 5.22 Å². The summed E-state index contributed by atoms with van der Waals surface area (Å²) in [4.78, 5) is 4.32. The first-order valence-electron chi connectivity index (χ1n) is 5.44. The number of aromatic nitrogens is 1. The summed E-state index contributed by atoms with van der Waals surface area (Å²) in [5.41, 5.74) is 3.07. The van der Waals surface area contributed by atoms with E-state index in [0.717, 1.165) is 22.8 Å². The molecular weight excluding hydrogens is 234 g/mol. The lowest BCUT2D eigenvalue weighted by Gasteiger charge is -2.00. The SMILES string of the molecule is Cc1nc(SCc2ccc(CO)cc2)oc1C. The van der Waals surface area contributed by atoms with Crippen LogP contribution < -0.4 is 0 Å². The summed E-state index contributed by atoms with van der Waals surface area (Å²) in [6.45, 7) is 3.95. The first-order chi connectivity index (χ1) is 8.19. The van der Waals surface area contributed by atoms with Crippen molar-refractivity contribution in [1.82, 2.24) is 4.98 Å². The standard InChI is InChI=1S/C13H15NO2S/c1-9-10(2)16-13(14-9)17-8-12-5-3-11(7-15)4-6-12/h3-6,15H,7-8H2,1-2H3. The summed E-state index contributed by atoms with van der Waals surface area (Å²) in [6, 6.07) is 7.90. The van der Waals surface area contributed by atoms with E-state index >= 15 is 0 Å². The van der Waals surface area contributed by atoms with Gasteiger partial charge in [0.1, 0.15) is 5.76 Å². The number of thioether (sulfide) groups is 1. The van der Waals surface area contributed by atoms with E-state index < -0.39 is 0 Å². The van der Waals surface area contributed by atoms with E-state index in [1.807, 2.05) is 38.1 Å². The average molecular weight is 249 g/mol. The van der Waals surface area contributed by atoms with Crippen molar-refractivity contribution in [2.24, 2.45) is 0 Å². The molecule has 17 heavy (non-hydrogen) atoms. The Morgan fingerprint density at radius 3 is 2.35 bits per heavy atom. The van der Waals surface area contributed by atoms with Gasteiger partial charge < -0.3 is 9.52 Å². The number of aliphatic hydroxyl groups is 1. The average Bonchev–Trinajstić information content (AvgIpc) is 2.67.